The van der Waals surface area contributed by atoms with Crippen LogP contribution in [0.1, 0.15) is 44.1 Å². The first kappa shape index (κ1) is 17.0. The van der Waals surface area contributed by atoms with Crippen LogP contribution in [-0.4, -0.2) is 30.6 Å². The number of carbonyl (C=O) groups is 2. The van der Waals surface area contributed by atoms with Crippen LogP contribution >= 0.6 is 0 Å². The number of methoxy groups -OCH3 is 1. The Kier molecular flexibility index (Phi) is 7.29. The largest absolute Gasteiger partial charge is 0.497 e. The normalized spacial score (nSPS) is 11.7. The molecule has 0 radical (unpaired) electrons. The van der Waals surface area contributed by atoms with Crippen LogP contribution < -0.4 is 10.1 Å². The number of unbranched alkanes of at least 4 members (excludes halogenated alkanes) is 2. The number of rotatable bonds is 9. The van der Waals surface area contributed by atoms with Crippen molar-refractivity contribution in [2.24, 2.45) is 0 Å². The molecule has 21 heavy (non-hydrogen) atoms. The van der Waals surface area contributed by atoms with Gasteiger partial charge in [0.1, 0.15) is 5.75 Å². The number of hydrogen-bond acceptors (Lipinski definition) is 3. The lowest BCUT2D eigenvalue weighted by Gasteiger charge is -2.13. The van der Waals surface area contributed by atoms with E-state index in [2.05, 4.69) is 5.32 Å². The molecule has 0 bridgehead atoms. The van der Waals surface area contributed by atoms with Gasteiger partial charge >= 0.3 is 5.97 Å². The molecule has 1 aromatic rings. The highest BCUT2D eigenvalue weighted by atomic mass is 16.5. The Hall–Kier alpha value is -2.04. The molecule has 0 spiro atoms. The third kappa shape index (κ3) is 6.29. The number of carboxylic acid groups (broad SMARTS) is 1. The highest BCUT2D eigenvalue weighted by molar-refractivity contribution is 5.83. The summed E-state index contributed by atoms with van der Waals surface area (Å²) in [6.45, 7) is 2.44. The van der Waals surface area contributed by atoms with Gasteiger partial charge in [-0.2, -0.15) is 0 Å². The average Bonchev–Trinajstić information content (AvgIpc) is 2.49. The molecule has 1 unspecified atom stereocenters. The molecule has 1 amide bonds. The summed E-state index contributed by atoms with van der Waals surface area (Å²) in [6.07, 6.45) is 2.45. The van der Waals surface area contributed by atoms with E-state index in [0.29, 0.717) is 13.0 Å². The number of ether oxygens (including phenoxy) is 1. The lowest BCUT2D eigenvalue weighted by Crippen LogP contribution is -2.28. The Morgan fingerprint density at radius 3 is 2.43 bits per heavy atom. The van der Waals surface area contributed by atoms with Crippen molar-refractivity contribution >= 4 is 11.9 Å². The Morgan fingerprint density at radius 2 is 1.86 bits per heavy atom. The predicted molar refractivity (Wildman–Crippen MR) is 80.5 cm³/mol. The van der Waals surface area contributed by atoms with E-state index in [9.17, 15) is 9.59 Å². The van der Waals surface area contributed by atoms with E-state index < -0.39 is 5.97 Å². The topological polar surface area (TPSA) is 75.6 Å². The SMILES string of the molecule is COc1ccc(C(C)C(=O)NCCCCCC(=O)O)cc1. The zero-order chi connectivity index (χ0) is 15.7. The monoisotopic (exact) mass is 293 g/mol. The van der Waals surface area contributed by atoms with E-state index >= 15 is 0 Å². The van der Waals surface area contributed by atoms with Gasteiger partial charge in [0.05, 0.1) is 13.0 Å². The van der Waals surface area contributed by atoms with Crippen LogP contribution in [0, 0.1) is 0 Å². The Bertz CT molecular complexity index is 456. The predicted octanol–water partition coefficient (Wildman–Crippen LogP) is 2.56. The van der Waals surface area contributed by atoms with Gasteiger partial charge in [-0.1, -0.05) is 18.6 Å². The third-order valence-electron chi connectivity index (χ3n) is 3.38. The molecule has 0 heterocycles. The molecule has 5 heteroatoms. The van der Waals surface area contributed by atoms with E-state index in [-0.39, 0.29) is 18.2 Å². The molecule has 0 fully saturated rings. The number of carboxylic acids is 1. The first-order chi connectivity index (χ1) is 10.0. The highest BCUT2D eigenvalue weighted by Gasteiger charge is 2.14. The van der Waals surface area contributed by atoms with Gasteiger partial charge in [0, 0.05) is 13.0 Å². The van der Waals surface area contributed by atoms with Crippen molar-refractivity contribution in [1.82, 2.24) is 5.32 Å². The zero-order valence-electron chi connectivity index (χ0n) is 12.6. The van der Waals surface area contributed by atoms with E-state index in [1.165, 1.54) is 0 Å². The third-order valence-corrected chi connectivity index (χ3v) is 3.38. The smallest absolute Gasteiger partial charge is 0.303 e. The molecule has 0 aliphatic carbocycles. The van der Waals surface area contributed by atoms with Gasteiger partial charge < -0.3 is 15.2 Å². The Balaban J connectivity index is 2.28. The number of hydrogen-bond donors (Lipinski definition) is 2. The van der Waals surface area contributed by atoms with E-state index in [1.54, 1.807) is 7.11 Å². The minimum Gasteiger partial charge on any atom is -0.497 e. The molecule has 0 aliphatic rings. The summed E-state index contributed by atoms with van der Waals surface area (Å²) < 4.78 is 5.09. The van der Waals surface area contributed by atoms with Gasteiger partial charge in [0.15, 0.2) is 0 Å². The van der Waals surface area contributed by atoms with E-state index in [0.717, 1.165) is 24.2 Å². The maximum absolute atomic E-state index is 12.0. The summed E-state index contributed by atoms with van der Waals surface area (Å²) in [5.41, 5.74) is 0.944. The van der Waals surface area contributed by atoms with Crippen LogP contribution in [0.25, 0.3) is 0 Å². The van der Waals surface area contributed by atoms with Crippen molar-refractivity contribution in [3.05, 3.63) is 29.8 Å². The molecule has 0 aromatic heterocycles. The summed E-state index contributed by atoms with van der Waals surface area (Å²) in [5.74, 6) is -0.231. The standard InChI is InChI=1S/C16H23NO4/c1-12(13-7-9-14(21-2)10-8-13)16(20)17-11-5-3-4-6-15(18)19/h7-10,12H,3-6,11H2,1-2H3,(H,17,20)(H,18,19). The summed E-state index contributed by atoms with van der Waals surface area (Å²) in [4.78, 5) is 22.4. The van der Waals surface area contributed by atoms with Gasteiger partial charge in [-0.25, -0.2) is 0 Å². The van der Waals surface area contributed by atoms with Gasteiger partial charge in [0.2, 0.25) is 5.91 Å². The van der Waals surface area contributed by atoms with Crippen molar-refractivity contribution in [2.45, 2.75) is 38.5 Å². The van der Waals surface area contributed by atoms with Crippen LogP contribution in [-0.2, 0) is 9.59 Å². The lowest BCUT2D eigenvalue weighted by molar-refractivity contribution is -0.137. The van der Waals surface area contributed by atoms with Crippen LogP contribution in [0.5, 0.6) is 5.75 Å². The van der Waals surface area contributed by atoms with Gasteiger partial charge in [0.25, 0.3) is 0 Å². The number of aliphatic carboxylic acids is 1. The van der Waals surface area contributed by atoms with E-state index in [4.69, 9.17) is 9.84 Å². The second-order valence-corrected chi connectivity index (χ2v) is 4.99. The second kappa shape index (κ2) is 9.00. The molecular weight excluding hydrogens is 270 g/mol. The molecule has 5 nitrogen and oxygen atoms in total. The number of amides is 1. The van der Waals surface area contributed by atoms with Crippen LogP contribution in [0.15, 0.2) is 24.3 Å². The van der Waals surface area contributed by atoms with Crippen LogP contribution in [0.4, 0.5) is 0 Å². The first-order valence-electron chi connectivity index (χ1n) is 7.18. The summed E-state index contributed by atoms with van der Waals surface area (Å²) in [7, 11) is 1.61. The van der Waals surface area contributed by atoms with Crippen molar-refractivity contribution in [2.75, 3.05) is 13.7 Å². The molecule has 0 saturated carbocycles. The fraction of sp³-hybridized carbons (Fsp3) is 0.500. The maximum Gasteiger partial charge on any atom is 0.303 e. The molecule has 1 aromatic carbocycles. The molecule has 0 aliphatic heterocycles. The van der Waals surface area contributed by atoms with Gasteiger partial charge in [-0.05, 0) is 37.5 Å². The first-order valence-corrected chi connectivity index (χ1v) is 7.18. The maximum atomic E-state index is 12.0. The van der Waals surface area contributed by atoms with Crippen LogP contribution in [0.2, 0.25) is 0 Å². The number of carbonyl (C=O) groups excluding carboxylic acids is 1. The minimum atomic E-state index is -0.771. The summed E-state index contributed by atoms with van der Waals surface area (Å²) >= 11 is 0. The minimum absolute atomic E-state index is 0.0154. The summed E-state index contributed by atoms with van der Waals surface area (Å²) in [5, 5.41) is 11.4. The Labute approximate surface area is 125 Å². The highest BCUT2D eigenvalue weighted by Crippen LogP contribution is 2.19. The van der Waals surface area contributed by atoms with Gasteiger partial charge in [-0.3, -0.25) is 9.59 Å². The average molecular weight is 293 g/mol. The second-order valence-electron chi connectivity index (χ2n) is 4.99. The fourth-order valence-corrected chi connectivity index (χ4v) is 1.99. The molecule has 1 atom stereocenters. The summed E-state index contributed by atoms with van der Waals surface area (Å²) in [6, 6.07) is 7.45. The molecule has 1 rings (SSSR count). The van der Waals surface area contributed by atoms with Crippen molar-refractivity contribution in [3.63, 3.8) is 0 Å². The van der Waals surface area contributed by atoms with Gasteiger partial charge in [-0.15, -0.1) is 0 Å². The molecule has 116 valence electrons. The van der Waals surface area contributed by atoms with Crippen molar-refractivity contribution in [1.29, 1.82) is 0 Å². The molecule has 0 saturated heterocycles. The quantitative estimate of drug-likeness (QED) is 0.686. The van der Waals surface area contributed by atoms with E-state index in [1.807, 2.05) is 31.2 Å². The number of benzene rings is 1. The molecule has 2 N–H and O–H groups in total. The fourth-order valence-electron chi connectivity index (χ4n) is 1.99. The Morgan fingerprint density at radius 1 is 1.19 bits per heavy atom. The van der Waals surface area contributed by atoms with Crippen molar-refractivity contribution in [3.8, 4) is 5.75 Å². The van der Waals surface area contributed by atoms with Crippen LogP contribution in [0.3, 0.4) is 0 Å². The number of nitrogens with one attached hydrogen (secondary N) is 1. The zero-order valence-corrected chi connectivity index (χ0v) is 12.6. The lowest BCUT2D eigenvalue weighted by atomic mass is 10.0. The molecular formula is C16H23NO4. The van der Waals surface area contributed by atoms with Crippen molar-refractivity contribution < 1.29 is 19.4 Å².